The Kier molecular flexibility index (Phi) is 4.56. The molecule has 128 valence electrons. The number of rotatable bonds is 6. The second-order valence-corrected chi connectivity index (χ2v) is 9.23. The molecule has 2 aromatic carbocycles. The van der Waals surface area contributed by atoms with Crippen LogP contribution in [0.4, 0.5) is 5.69 Å². The standard InChI is InChI=1S/C15H15ClN2O4S2/c16-14-6-1-2-7-15(14)24(21,22)18-12-4-3-5-13(10-12)23(19,20)17-11-8-9-11/h1-7,10-11,17-18H,8-9H2. The number of benzene rings is 2. The van der Waals surface area contributed by atoms with Gasteiger partial charge in [0.15, 0.2) is 0 Å². The van der Waals surface area contributed by atoms with E-state index >= 15 is 0 Å². The molecular weight excluding hydrogens is 372 g/mol. The monoisotopic (exact) mass is 386 g/mol. The van der Waals surface area contributed by atoms with Gasteiger partial charge < -0.3 is 0 Å². The number of nitrogens with one attached hydrogen (secondary N) is 2. The largest absolute Gasteiger partial charge is 0.280 e. The van der Waals surface area contributed by atoms with Gasteiger partial charge in [-0.2, -0.15) is 0 Å². The molecule has 1 aliphatic rings. The first-order valence-corrected chi connectivity index (χ1v) is 10.5. The van der Waals surface area contributed by atoms with Gasteiger partial charge in [0.2, 0.25) is 10.0 Å². The van der Waals surface area contributed by atoms with Crippen LogP contribution in [0.5, 0.6) is 0 Å². The molecule has 24 heavy (non-hydrogen) atoms. The van der Waals surface area contributed by atoms with E-state index < -0.39 is 20.0 Å². The highest BCUT2D eigenvalue weighted by atomic mass is 35.5. The van der Waals surface area contributed by atoms with Crippen molar-refractivity contribution in [3.63, 3.8) is 0 Å². The summed E-state index contributed by atoms with van der Waals surface area (Å²) in [5, 5.41) is 0.0872. The van der Waals surface area contributed by atoms with Gasteiger partial charge in [-0.3, -0.25) is 4.72 Å². The molecule has 0 radical (unpaired) electrons. The van der Waals surface area contributed by atoms with Crippen LogP contribution in [0.3, 0.4) is 0 Å². The molecule has 0 heterocycles. The van der Waals surface area contributed by atoms with E-state index in [4.69, 9.17) is 11.6 Å². The molecular formula is C15H15ClN2O4S2. The summed E-state index contributed by atoms with van der Waals surface area (Å²) in [7, 11) is -7.57. The molecule has 2 aromatic rings. The molecule has 3 rings (SSSR count). The maximum absolute atomic E-state index is 12.4. The van der Waals surface area contributed by atoms with E-state index in [0.717, 1.165) is 12.8 Å². The Bertz CT molecular complexity index is 970. The number of hydrogen-bond donors (Lipinski definition) is 2. The van der Waals surface area contributed by atoms with E-state index in [9.17, 15) is 16.8 Å². The first-order valence-electron chi connectivity index (χ1n) is 7.18. The molecule has 0 amide bonds. The number of hydrogen-bond acceptors (Lipinski definition) is 4. The molecule has 0 spiro atoms. The third-order valence-corrected chi connectivity index (χ3v) is 6.82. The molecule has 1 saturated carbocycles. The lowest BCUT2D eigenvalue weighted by Crippen LogP contribution is -2.25. The van der Waals surface area contributed by atoms with Gasteiger partial charge in [0, 0.05) is 6.04 Å². The molecule has 0 atom stereocenters. The Labute approximate surface area is 146 Å². The van der Waals surface area contributed by atoms with Gasteiger partial charge in [-0.15, -0.1) is 0 Å². The van der Waals surface area contributed by atoms with E-state index in [0.29, 0.717) is 0 Å². The van der Waals surface area contributed by atoms with Crippen molar-refractivity contribution < 1.29 is 16.8 Å². The zero-order valence-corrected chi connectivity index (χ0v) is 14.8. The third kappa shape index (κ3) is 3.89. The second kappa shape index (κ2) is 6.36. The Hall–Kier alpha value is -1.61. The maximum atomic E-state index is 12.4. The fourth-order valence-electron chi connectivity index (χ4n) is 2.09. The normalized spacial score (nSPS) is 15.2. The molecule has 9 heteroatoms. The van der Waals surface area contributed by atoms with Crippen LogP contribution in [-0.2, 0) is 20.0 Å². The van der Waals surface area contributed by atoms with Gasteiger partial charge in [-0.1, -0.05) is 29.8 Å². The fraction of sp³-hybridized carbons (Fsp3) is 0.200. The predicted molar refractivity (Wildman–Crippen MR) is 92.0 cm³/mol. The summed E-state index contributed by atoms with van der Waals surface area (Å²) in [6.07, 6.45) is 1.64. The third-order valence-electron chi connectivity index (χ3n) is 3.42. The minimum atomic E-state index is -3.91. The summed E-state index contributed by atoms with van der Waals surface area (Å²) < 4.78 is 54.2. The van der Waals surface area contributed by atoms with Crippen LogP contribution in [0.2, 0.25) is 5.02 Å². The van der Waals surface area contributed by atoms with Crippen molar-refractivity contribution in [2.75, 3.05) is 4.72 Å². The zero-order valence-electron chi connectivity index (χ0n) is 12.4. The quantitative estimate of drug-likeness (QED) is 0.798. The topological polar surface area (TPSA) is 92.3 Å². The van der Waals surface area contributed by atoms with Crippen LogP contribution in [0.25, 0.3) is 0 Å². The van der Waals surface area contributed by atoms with E-state index in [1.54, 1.807) is 12.1 Å². The first kappa shape index (κ1) is 17.2. The lowest BCUT2D eigenvalue weighted by molar-refractivity contribution is 0.581. The summed E-state index contributed by atoms with van der Waals surface area (Å²) in [5.41, 5.74) is 0.147. The summed E-state index contributed by atoms with van der Waals surface area (Å²) in [6, 6.07) is 11.6. The minimum absolute atomic E-state index is 0.00811. The van der Waals surface area contributed by atoms with Gasteiger partial charge >= 0.3 is 0 Å². The minimum Gasteiger partial charge on any atom is -0.280 e. The molecule has 0 aromatic heterocycles. The first-order chi connectivity index (χ1) is 11.3. The SMILES string of the molecule is O=S(=O)(NC1CC1)c1cccc(NS(=O)(=O)c2ccccc2Cl)c1. The van der Waals surface area contributed by atoms with Crippen molar-refractivity contribution in [2.45, 2.75) is 28.7 Å². The Balaban J connectivity index is 1.88. The van der Waals surface area contributed by atoms with Crippen molar-refractivity contribution in [1.29, 1.82) is 0 Å². The van der Waals surface area contributed by atoms with Gasteiger partial charge in [-0.05, 0) is 43.2 Å². The molecule has 1 aliphatic carbocycles. The van der Waals surface area contributed by atoms with Crippen LogP contribution < -0.4 is 9.44 Å². The van der Waals surface area contributed by atoms with Crippen molar-refractivity contribution in [2.24, 2.45) is 0 Å². The molecule has 6 nitrogen and oxygen atoms in total. The molecule has 0 bridgehead atoms. The lowest BCUT2D eigenvalue weighted by Gasteiger charge is -2.11. The van der Waals surface area contributed by atoms with Gasteiger partial charge in [0.05, 0.1) is 15.6 Å². The van der Waals surface area contributed by atoms with Crippen molar-refractivity contribution in [3.05, 3.63) is 53.6 Å². The number of sulfonamides is 2. The van der Waals surface area contributed by atoms with Crippen LogP contribution in [0.15, 0.2) is 58.3 Å². The van der Waals surface area contributed by atoms with Crippen molar-refractivity contribution in [1.82, 2.24) is 4.72 Å². The van der Waals surface area contributed by atoms with E-state index in [2.05, 4.69) is 9.44 Å². The molecule has 0 unspecified atom stereocenters. The lowest BCUT2D eigenvalue weighted by atomic mass is 10.3. The van der Waals surface area contributed by atoms with E-state index in [1.165, 1.54) is 36.4 Å². The van der Waals surface area contributed by atoms with E-state index in [1.807, 2.05) is 0 Å². The number of anilines is 1. The van der Waals surface area contributed by atoms with E-state index in [-0.39, 0.29) is 26.5 Å². The Morgan fingerprint density at radius 3 is 2.29 bits per heavy atom. The maximum Gasteiger partial charge on any atom is 0.263 e. The van der Waals surface area contributed by atoms with Crippen LogP contribution in [0.1, 0.15) is 12.8 Å². The van der Waals surface area contributed by atoms with Gasteiger partial charge in [-0.25, -0.2) is 21.6 Å². The molecule has 0 saturated heterocycles. The molecule has 1 fully saturated rings. The second-order valence-electron chi connectivity index (χ2n) is 5.46. The summed E-state index contributed by atoms with van der Waals surface area (Å²) >= 11 is 5.92. The fourth-order valence-corrected chi connectivity index (χ4v) is 5.01. The van der Waals surface area contributed by atoms with Gasteiger partial charge in [0.1, 0.15) is 4.90 Å². The van der Waals surface area contributed by atoms with Crippen molar-refractivity contribution >= 4 is 37.3 Å². The Morgan fingerprint density at radius 1 is 0.917 bits per heavy atom. The summed E-state index contributed by atoms with van der Waals surface area (Å²) in [6.45, 7) is 0. The summed E-state index contributed by atoms with van der Waals surface area (Å²) in [4.78, 5) is -0.0650. The highest BCUT2D eigenvalue weighted by molar-refractivity contribution is 7.93. The van der Waals surface area contributed by atoms with Crippen LogP contribution >= 0.6 is 11.6 Å². The zero-order chi connectivity index (χ0) is 17.4. The number of halogens is 1. The smallest absolute Gasteiger partial charge is 0.263 e. The van der Waals surface area contributed by atoms with Gasteiger partial charge in [0.25, 0.3) is 10.0 Å². The molecule has 0 aliphatic heterocycles. The Morgan fingerprint density at radius 2 is 1.62 bits per heavy atom. The average molecular weight is 387 g/mol. The predicted octanol–water partition coefficient (Wildman–Crippen LogP) is 2.58. The van der Waals surface area contributed by atoms with Crippen LogP contribution in [0, 0.1) is 0 Å². The van der Waals surface area contributed by atoms with Crippen molar-refractivity contribution in [3.8, 4) is 0 Å². The average Bonchev–Trinajstić information content (AvgIpc) is 3.30. The highest BCUT2D eigenvalue weighted by Gasteiger charge is 2.28. The van der Waals surface area contributed by atoms with Crippen LogP contribution in [-0.4, -0.2) is 22.9 Å². The highest BCUT2D eigenvalue weighted by Crippen LogP contribution is 2.26. The molecule has 2 N–H and O–H groups in total. The summed E-state index contributed by atoms with van der Waals surface area (Å²) in [5.74, 6) is 0.